The number of aromatic hydroxyl groups is 1. The van der Waals surface area contributed by atoms with Crippen LogP contribution >= 0.6 is 0 Å². The summed E-state index contributed by atoms with van der Waals surface area (Å²) in [5.41, 5.74) is 3.85. The van der Waals surface area contributed by atoms with E-state index in [2.05, 4.69) is 68.4 Å². The van der Waals surface area contributed by atoms with E-state index in [1.54, 1.807) is 0 Å². The highest BCUT2D eigenvalue weighted by Gasteiger charge is 2.33. The molecule has 0 saturated heterocycles. The van der Waals surface area contributed by atoms with Crippen LogP contribution in [0.2, 0.25) is 0 Å². The molecular formula is C21H36O. The Bertz CT molecular complexity index is 521. The normalized spacial score (nSPS) is 13.5. The first-order valence-electron chi connectivity index (χ1n) is 8.81. The van der Waals surface area contributed by atoms with E-state index < -0.39 is 0 Å². The summed E-state index contributed by atoms with van der Waals surface area (Å²) in [5, 5.41) is 10.9. The third kappa shape index (κ3) is 3.50. The van der Waals surface area contributed by atoms with E-state index in [1.807, 2.05) is 6.07 Å². The molecule has 0 amide bonds. The summed E-state index contributed by atoms with van der Waals surface area (Å²) in [6, 6.07) is 4.37. The molecule has 1 N–H and O–H groups in total. The molecule has 0 atom stereocenters. The maximum atomic E-state index is 10.9. The monoisotopic (exact) mass is 304 g/mol. The van der Waals surface area contributed by atoms with Crippen LogP contribution in [0.25, 0.3) is 0 Å². The zero-order valence-electron chi connectivity index (χ0n) is 16.2. The molecule has 0 aliphatic heterocycles. The van der Waals surface area contributed by atoms with Gasteiger partial charge in [0.05, 0.1) is 0 Å². The van der Waals surface area contributed by atoms with Crippen molar-refractivity contribution in [2.75, 3.05) is 0 Å². The largest absolute Gasteiger partial charge is 0.508 e. The van der Waals surface area contributed by atoms with Crippen LogP contribution in [0.4, 0.5) is 0 Å². The molecule has 0 spiro atoms. The molecule has 0 radical (unpaired) electrons. The minimum atomic E-state index is -0.0132. The molecule has 0 aliphatic rings. The van der Waals surface area contributed by atoms with E-state index in [1.165, 1.54) is 11.1 Å². The van der Waals surface area contributed by atoms with Crippen molar-refractivity contribution in [3.05, 3.63) is 28.8 Å². The second-order valence-corrected chi connectivity index (χ2v) is 8.63. The molecule has 0 unspecified atom stereocenters. The maximum absolute atomic E-state index is 10.9. The fourth-order valence-corrected chi connectivity index (χ4v) is 2.83. The van der Waals surface area contributed by atoms with E-state index in [4.69, 9.17) is 0 Å². The lowest BCUT2D eigenvalue weighted by Crippen LogP contribution is -2.27. The number of rotatable bonds is 6. The van der Waals surface area contributed by atoms with Gasteiger partial charge in [0, 0.05) is 5.56 Å². The fraction of sp³-hybridized carbons (Fsp3) is 0.714. The van der Waals surface area contributed by atoms with Crippen LogP contribution in [0.5, 0.6) is 5.75 Å². The van der Waals surface area contributed by atoms with Gasteiger partial charge >= 0.3 is 0 Å². The van der Waals surface area contributed by atoms with Crippen LogP contribution in [-0.2, 0) is 16.2 Å². The molecule has 1 aromatic rings. The molecule has 1 rings (SSSR count). The zero-order chi connectivity index (χ0) is 17.3. The van der Waals surface area contributed by atoms with Crippen molar-refractivity contribution in [2.45, 2.75) is 97.8 Å². The van der Waals surface area contributed by atoms with Gasteiger partial charge in [0.15, 0.2) is 0 Å². The van der Waals surface area contributed by atoms with Crippen molar-refractivity contribution < 1.29 is 5.11 Å². The molecule has 0 fully saturated rings. The number of benzene rings is 1. The third-order valence-corrected chi connectivity index (χ3v) is 5.96. The van der Waals surface area contributed by atoms with Gasteiger partial charge in [-0.15, -0.1) is 0 Å². The second kappa shape index (κ2) is 6.26. The van der Waals surface area contributed by atoms with Gasteiger partial charge in [-0.1, -0.05) is 68.4 Å². The SMILES string of the molecule is CCC(C)(C)c1cc(O)c(C(C)(C)CC)c(C(C)(C)CC)c1. The zero-order valence-corrected chi connectivity index (χ0v) is 16.2. The van der Waals surface area contributed by atoms with Crippen molar-refractivity contribution in [3.8, 4) is 5.75 Å². The third-order valence-electron chi connectivity index (χ3n) is 5.96. The number of phenols is 1. The Morgan fingerprint density at radius 2 is 1.18 bits per heavy atom. The summed E-state index contributed by atoms with van der Waals surface area (Å²) >= 11 is 0. The first-order valence-corrected chi connectivity index (χ1v) is 8.81. The highest BCUT2D eigenvalue weighted by atomic mass is 16.3. The molecule has 1 nitrogen and oxygen atoms in total. The molecule has 0 aliphatic carbocycles. The van der Waals surface area contributed by atoms with Crippen molar-refractivity contribution in [1.29, 1.82) is 0 Å². The molecule has 0 aromatic heterocycles. The topological polar surface area (TPSA) is 20.2 Å². The predicted molar refractivity (Wildman–Crippen MR) is 98.1 cm³/mol. The molecule has 22 heavy (non-hydrogen) atoms. The van der Waals surface area contributed by atoms with Crippen LogP contribution in [0.1, 0.15) is 98.3 Å². The molecular weight excluding hydrogens is 268 g/mol. The smallest absolute Gasteiger partial charge is 0.119 e. The van der Waals surface area contributed by atoms with E-state index >= 15 is 0 Å². The Kier molecular flexibility index (Phi) is 5.42. The van der Waals surface area contributed by atoms with Gasteiger partial charge in [-0.2, -0.15) is 0 Å². The summed E-state index contributed by atoms with van der Waals surface area (Å²) in [6.07, 6.45) is 3.15. The summed E-state index contributed by atoms with van der Waals surface area (Å²) in [4.78, 5) is 0. The van der Waals surface area contributed by atoms with Gasteiger partial charge < -0.3 is 5.11 Å². The van der Waals surface area contributed by atoms with E-state index in [9.17, 15) is 5.11 Å². The molecule has 0 bridgehead atoms. The van der Waals surface area contributed by atoms with E-state index in [0.29, 0.717) is 5.75 Å². The minimum absolute atomic E-state index is 0.0132. The quantitative estimate of drug-likeness (QED) is 0.640. The Morgan fingerprint density at radius 1 is 0.727 bits per heavy atom. The van der Waals surface area contributed by atoms with Crippen LogP contribution in [0.3, 0.4) is 0 Å². The van der Waals surface area contributed by atoms with Crippen LogP contribution in [-0.4, -0.2) is 5.11 Å². The number of phenolic OH excluding ortho intramolecular Hbond substituents is 1. The summed E-state index contributed by atoms with van der Waals surface area (Å²) in [5.74, 6) is 0.474. The van der Waals surface area contributed by atoms with E-state index in [0.717, 1.165) is 24.8 Å². The van der Waals surface area contributed by atoms with Gasteiger partial charge in [-0.25, -0.2) is 0 Å². The van der Waals surface area contributed by atoms with Gasteiger partial charge in [0.2, 0.25) is 0 Å². The Morgan fingerprint density at radius 3 is 1.59 bits per heavy atom. The number of hydrogen-bond donors (Lipinski definition) is 1. The van der Waals surface area contributed by atoms with Gasteiger partial charge in [0.1, 0.15) is 5.75 Å². The molecule has 1 aromatic carbocycles. The fourth-order valence-electron chi connectivity index (χ4n) is 2.83. The first kappa shape index (κ1) is 19.1. The van der Waals surface area contributed by atoms with Crippen LogP contribution in [0.15, 0.2) is 12.1 Å². The molecule has 126 valence electrons. The summed E-state index contributed by atoms with van der Waals surface area (Å²) in [7, 11) is 0. The summed E-state index contributed by atoms with van der Waals surface area (Å²) < 4.78 is 0. The van der Waals surface area contributed by atoms with Crippen molar-refractivity contribution >= 4 is 0 Å². The molecule has 0 heterocycles. The van der Waals surface area contributed by atoms with Gasteiger partial charge in [-0.05, 0) is 52.7 Å². The lowest BCUT2D eigenvalue weighted by Gasteiger charge is -2.36. The lowest BCUT2D eigenvalue weighted by molar-refractivity contribution is 0.402. The average molecular weight is 305 g/mol. The minimum Gasteiger partial charge on any atom is -0.508 e. The van der Waals surface area contributed by atoms with Crippen molar-refractivity contribution in [3.63, 3.8) is 0 Å². The van der Waals surface area contributed by atoms with Gasteiger partial charge in [0.25, 0.3) is 0 Å². The Hall–Kier alpha value is -0.980. The highest BCUT2D eigenvalue weighted by Crippen LogP contribution is 2.45. The first-order chi connectivity index (χ1) is 9.93. The van der Waals surface area contributed by atoms with Crippen LogP contribution in [0, 0.1) is 0 Å². The Balaban J connectivity index is 3.73. The Labute approximate surface area is 138 Å². The van der Waals surface area contributed by atoms with Crippen LogP contribution < -0.4 is 0 Å². The standard InChI is InChI=1S/C21H36O/c1-10-19(4,5)15-13-16(20(6,7)11-2)18(17(22)14-15)21(8,9)12-3/h13-14,22H,10-12H2,1-9H3. The van der Waals surface area contributed by atoms with Gasteiger partial charge in [-0.3, -0.25) is 0 Å². The molecule has 1 heteroatoms. The summed E-state index contributed by atoms with van der Waals surface area (Å²) in [6.45, 7) is 20.2. The maximum Gasteiger partial charge on any atom is 0.119 e. The number of hydrogen-bond acceptors (Lipinski definition) is 1. The second-order valence-electron chi connectivity index (χ2n) is 8.63. The van der Waals surface area contributed by atoms with Crippen molar-refractivity contribution in [1.82, 2.24) is 0 Å². The average Bonchev–Trinajstić information content (AvgIpc) is 2.45. The van der Waals surface area contributed by atoms with Crippen molar-refractivity contribution in [2.24, 2.45) is 0 Å². The molecule has 0 saturated carbocycles. The lowest BCUT2D eigenvalue weighted by atomic mass is 9.68. The van der Waals surface area contributed by atoms with E-state index in [-0.39, 0.29) is 16.2 Å². The highest BCUT2D eigenvalue weighted by molar-refractivity contribution is 5.51. The predicted octanol–water partition coefficient (Wildman–Crippen LogP) is 6.46.